The smallest absolute Gasteiger partial charge is 0.226 e. The summed E-state index contributed by atoms with van der Waals surface area (Å²) >= 11 is 0. The fourth-order valence-electron chi connectivity index (χ4n) is 3.44. The Balaban J connectivity index is 1.75. The molecule has 0 aliphatic carbocycles. The van der Waals surface area contributed by atoms with Gasteiger partial charge in [-0.1, -0.05) is 18.1 Å². The number of amides is 1. The zero-order valence-electron chi connectivity index (χ0n) is 15.7. The lowest BCUT2D eigenvalue weighted by Crippen LogP contribution is -2.25. The molecule has 1 aromatic heterocycles. The zero-order chi connectivity index (χ0) is 20.4. The Kier molecular flexibility index (Phi) is 4.92. The second-order valence-corrected chi connectivity index (χ2v) is 6.54. The molecule has 0 bridgehead atoms. The van der Waals surface area contributed by atoms with Crippen molar-refractivity contribution in [2.24, 2.45) is 0 Å². The molecule has 1 aliphatic heterocycles. The van der Waals surface area contributed by atoms with Gasteiger partial charge in [-0.2, -0.15) is 0 Å². The van der Waals surface area contributed by atoms with Gasteiger partial charge in [0.25, 0.3) is 0 Å². The number of halogens is 1. The Morgan fingerprint density at radius 1 is 1.31 bits per heavy atom. The van der Waals surface area contributed by atoms with Crippen molar-refractivity contribution in [3.05, 3.63) is 65.9 Å². The average molecular weight is 391 g/mol. The van der Waals surface area contributed by atoms with Crippen LogP contribution < -0.4 is 14.8 Å². The molecule has 1 atom stereocenters. The molecule has 7 heteroatoms. The molecule has 146 valence electrons. The summed E-state index contributed by atoms with van der Waals surface area (Å²) in [5.41, 5.74) is 2.14. The molecule has 0 saturated heterocycles. The van der Waals surface area contributed by atoms with Crippen molar-refractivity contribution in [1.29, 1.82) is 0 Å². The average Bonchev–Trinajstić information content (AvgIpc) is 3.15. The molecule has 2 heterocycles. The van der Waals surface area contributed by atoms with Crippen LogP contribution in [0, 0.1) is 18.2 Å². The van der Waals surface area contributed by atoms with E-state index in [1.54, 1.807) is 36.2 Å². The summed E-state index contributed by atoms with van der Waals surface area (Å²) in [5.74, 6) is 3.21. The summed E-state index contributed by atoms with van der Waals surface area (Å²) in [5, 5.41) is 2.86. The van der Waals surface area contributed by atoms with Gasteiger partial charge in [0.1, 0.15) is 24.6 Å². The van der Waals surface area contributed by atoms with Crippen molar-refractivity contribution in [1.82, 2.24) is 9.55 Å². The summed E-state index contributed by atoms with van der Waals surface area (Å²) < 4.78 is 26.2. The maximum absolute atomic E-state index is 13.7. The van der Waals surface area contributed by atoms with Crippen molar-refractivity contribution in [2.45, 2.75) is 12.3 Å². The fourth-order valence-corrected chi connectivity index (χ4v) is 3.44. The molecule has 0 fully saturated rings. The van der Waals surface area contributed by atoms with E-state index in [2.05, 4.69) is 16.2 Å². The molecule has 1 N–H and O–H groups in total. The standard InChI is InChI=1S/C22H18FN3O3/c1-3-9-29-18-8-7-14(10-19(18)28-2)17-12-20(27)25-22-21(17)24-13-26(22)16-6-4-5-15(23)11-16/h1,4-8,10-11,13,17H,9,12H2,2H3,(H,25,27)/t17-/m0/s1. The third-order valence-corrected chi connectivity index (χ3v) is 4.76. The molecule has 0 unspecified atom stereocenters. The first-order valence-corrected chi connectivity index (χ1v) is 8.98. The molecule has 4 rings (SSSR count). The molecule has 1 aliphatic rings. The third kappa shape index (κ3) is 3.52. The van der Waals surface area contributed by atoms with Crippen molar-refractivity contribution < 1.29 is 18.7 Å². The second-order valence-electron chi connectivity index (χ2n) is 6.54. The summed E-state index contributed by atoms with van der Waals surface area (Å²) in [7, 11) is 1.54. The van der Waals surface area contributed by atoms with Crippen LogP contribution in [-0.4, -0.2) is 29.2 Å². The van der Waals surface area contributed by atoms with Crippen LogP contribution in [0.1, 0.15) is 23.6 Å². The third-order valence-electron chi connectivity index (χ3n) is 4.76. The number of nitrogens with zero attached hydrogens (tertiary/aromatic N) is 2. The van der Waals surface area contributed by atoms with Gasteiger partial charge in [-0.25, -0.2) is 9.37 Å². The van der Waals surface area contributed by atoms with E-state index in [1.165, 1.54) is 12.1 Å². The van der Waals surface area contributed by atoms with Gasteiger partial charge in [0.2, 0.25) is 5.91 Å². The van der Waals surface area contributed by atoms with Crippen LogP contribution in [-0.2, 0) is 4.79 Å². The number of carbonyl (C=O) groups is 1. The minimum atomic E-state index is -0.365. The molecule has 29 heavy (non-hydrogen) atoms. The Bertz CT molecular complexity index is 1120. The molecule has 0 spiro atoms. The number of anilines is 1. The quantitative estimate of drug-likeness (QED) is 0.676. The molecule has 0 saturated carbocycles. The van der Waals surface area contributed by atoms with Gasteiger partial charge in [0.15, 0.2) is 11.5 Å². The van der Waals surface area contributed by atoms with Crippen LogP contribution in [0.25, 0.3) is 5.69 Å². The van der Waals surface area contributed by atoms with Gasteiger partial charge in [0.05, 0.1) is 18.5 Å². The highest BCUT2D eigenvalue weighted by Crippen LogP contribution is 2.40. The van der Waals surface area contributed by atoms with Crippen molar-refractivity contribution in [3.63, 3.8) is 0 Å². The van der Waals surface area contributed by atoms with E-state index < -0.39 is 0 Å². The van der Waals surface area contributed by atoms with Crippen LogP contribution in [0.15, 0.2) is 48.8 Å². The van der Waals surface area contributed by atoms with E-state index in [-0.39, 0.29) is 30.7 Å². The SMILES string of the molecule is C#CCOc1ccc([C@@H]2CC(=O)Nc3c2ncn3-c2cccc(F)c2)cc1OC. The lowest BCUT2D eigenvalue weighted by Gasteiger charge is -2.24. The minimum Gasteiger partial charge on any atom is -0.493 e. The highest BCUT2D eigenvalue weighted by atomic mass is 19.1. The second kappa shape index (κ2) is 7.68. The molecular formula is C22H18FN3O3. The summed E-state index contributed by atoms with van der Waals surface area (Å²) in [6.45, 7) is 0.129. The number of rotatable bonds is 5. The molecular weight excluding hydrogens is 373 g/mol. The van der Waals surface area contributed by atoms with E-state index in [9.17, 15) is 9.18 Å². The first-order valence-electron chi connectivity index (χ1n) is 8.98. The first kappa shape index (κ1) is 18.6. The number of fused-ring (bicyclic) bond motifs is 1. The highest BCUT2D eigenvalue weighted by Gasteiger charge is 2.31. The Labute approximate surface area is 167 Å². The van der Waals surface area contributed by atoms with E-state index in [0.29, 0.717) is 28.7 Å². The molecule has 6 nitrogen and oxygen atoms in total. The number of hydrogen-bond donors (Lipinski definition) is 1. The number of aromatic nitrogens is 2. The number of hydrogen-bond acceptors (Lipinski definition) is 4. The Hall–Kier alpha value is -3.79. The summed E-state index contributed by atoms with van der Waals surface area (Å²) in [6, 6.07) is 11.6. The predicted molar refractivity (Wildman–Crippen MR) is 106 cm³/mol. The van der Waals surface area contributed by atoms with Crippen LogP contribution in [0.5, 0.6) is 11.5 Å². The summed E-state index contributed by atoms with van der Waals surface area (Å²) in [4.78, 5) is 16.9. The predicted octanol–water partition coefficient (Wildman–Crippen LogP) is 3.51. The van der Waals surface area contributed by atoms with E-state index in [0.717, 1.165) is 5.56 Å². The zero-order valence-corrected chi connectivity index (χ0v) is 15.7. The van der Waals surface area contributed by atoms with Crippen molar-refractivity contribution in [2.75, 3.05) is 19.0 Å². The van der Waals surface area contributed by atoms with Gasteiger partial charge in [0, 0.05) is 12.3 Å². The lowest BCUT2D eigenvalue weighted by molar-refractivity contribution is -0.116. The van der Waals surface area contributed by atoms with Crippen molar-refractivity contribution in [3.8, 4) is 29.5 Å². The number of ether oxygens (including phenoxy) is 2. The number of carbonyl (C=O) groups excluding carboxylic acids is 1. The van der Waals surface area contributed by atoms with Crippen LogP contribution in [0.4, 0.5) is 10.2 Å². The maximum Gasteiger partial charge on any atom is 0.226 e. The normalized spacial score (nSPS) is 15.2. The number of methoxy groups -OCH3 is 1. The molecule has 1 amide bonds. The van der Waals surface area contributed by atoms with Crippen LogP contribution in [0.3, 0.4) is 0 Å². The summed E-state index contributed by atoms with van der Waals surface area (Å²) in [6.07, 6.45) is 7.07. The largest absolute Gasteiger partial charge is 0.493 e. The van der Waals surface area contributed by atoms with E-state index >= 15 is 0 Å². The number of terminal acetylenes is 1. The first-order chi connectivity index (χ1) is 14.1. The molecule has 0 radical (unpaired) electrons. The number of nitrogens with one attached hydrogen (secondary N) is 1. The lowest BCUT2D eigenvalue weighted by atomic mass is 9.89. The Morgan fingerprint density at radius 3 is 2.93 bits per heavy atom. The monoisotopic (exact) mass is 391 g/mol. The highest BCUT2D eigenvalue weighted by molar-refractivity contribution is 5.94. The topological polar surface area (TPSA) is 65.4 Å². The number of benzene rings is 2. The van der Waals surface area contributed by atoms with Gasteiger partial charge < -0.3 is 14.8 Å². The number of imidazole rings is 1. The van der Waals surface area contributed by atoms with Gasteiger partial charge in [-0.3, -0.25) is 9.36 Å². The molecule has 3 aromatic rings. The Morgan fingerprint density at radius 2 is 2.17 bits per heavy atom. The minimum absolute atomic E-state index is 0.129. The van der Waals surface area contributed by atoms with E-state index in [1.807, 2.05) is 12.1 Å². The van der Waals surface area contributed by atoms with Crippen LogP contribution in [0.2, 0.25) is 0 Å². The fraction of sp³-hybridized carbons (Fsp3) is 0.182. The van der Waals surface area contributed by atoms with Crippen LogP contribution >= 0.6 is 0 Å². The molecule has 2 aromatic carbocycles. The van der Waals surface area contributed by atoms with E-state index in [4.69, 9.17) is 15.9 Å². The van der Waals surface area contributed by atoms with Gasteiger partial charge in [-0.15, -0.1) is 6.42 Å². The van der Waals surface area contributed by atoms with Gasteiger partial charge in [-0.05, 0) is 35.9 Å². The van der Waals surface area contributed by atoms with Crippen molar-refractivity contribution >= 4 is 11.7 Å². The maximum atomic E-state index is 13.7. The van der Waals surface area contributed by atoms with Gasteiger partial charge >= 0.3 is 0 Å².